The lowest BCUT2D eigenvalue weighted by Gasteiger charge is -2.41. The number of aryl methyl sites for hydroxylation is 1. The molecule has 0 spiro atoms. The van der Waals surface area contributed by atoms with Gasteiger partial charge in [0.05, 0.1) is 22.0 Å². The van der Waals surface area contributed by atoms with Gasteiger partial charge in [-0.25, -0.2) is 14.4 Å². The molecular weight excluding hydrogens is 720 g/mol. The number of para-hydroxylation sites is 3. The molecule has 0 saturated heterocycles. The molecule has 1 unspecified atom stereocenters. The van der Waals surface area contributed by atoms with E-state index >= 15 is 4.39 Å². The van der Waals surface area contributed by atoms with Gasteiger partial charge in [-0.1, -0.05) is 151 Å². The molecule has 0 amide bonds. The van der Waals surface area contributed by atoms with Crippen LogP contribution < -0.4 is 0 Å². The van der Waals surface area contributed by atoms with Crippen LogP contribution in [-0.4, -0.2) is 19.1 Å². The lowest BCUT2D eigenvalue weighted by molar-refractivity contribution is 0.402. The predicted molar refractivity (Wildman–Crippen MR) is 230 cm³/mol. The van der Waals surface area contributed by atoms with Gasteiger partial charge in [0.2, 0.25) is 0 Å². The van der Waals surface area contributed by atoms with Gasteiger partial charge in [-0.3, -0.25) is 4.57 Å². The molecule has 1 aliphatic heterocycles. The molecule has 0 radical (unpaired) electrons. The number of benzene rings is 7. The quantitative estimate of drug-likeness (QED) is 0.170. The molecule has 1 atom stereocenters. The van der Waals surface area contributed by atoms with Gasteiger partial charge in [0, 0.05) is 50.6 Å². The third kappa shape index (κ3) is 5.07. The van der Waals surface area contributed by atoms with E-state index in [0.29, 0.717) is 11.1 Å². The monoisotopic (exact) mass is 754 g/mol. The molecule has 0 fully saturated rings. The fourth-order valence-electron chi connectivity index (χ4n) is 9.06. The predicted octanol–water partition coefficient (Wildman–Crippen LogP) is 12.6. The maximum absolute atomic E-state index is 16.8. The molecule has 57 heavy (non-hydrogen) atoms. The summed E-state index contributed by atoms with van der Waals surface area (Å²) in [6, 6.07) is 62.5. The van der Waals surface area contributed by atoms with Crippen LogP contribution in [-0.2, 0) is 12.5 Å². The highest BCUT2D eigenvalue weighted by Crippen LogP contribution is 2.57. The van der Waals surface area contributed by atoms with Crippen LogP contribution in [0.15, 0.2) is 198 Å². The molecule has 272 valence electrons. The summed E-state index contributed by atoms with van der Waals surface area (Å²) >= 11 is 1.81. The van der Waals surface area contributed by atoms with Crippen LogP contribution in [0.3, 0.4) is 0 Å². The molecule has 0 bridgehead atoms. The Morgan fingerprint density at radius 1 is 0.614 bits per heavy atom. The van der Waals surface area contributed by atoms with Crippen LogP contribution in [0.5, 0.6) is 0 Å². The Balaban J connectivity index is 1.09. The standard InChI is InChI=1S/C51H35FN4S/c1-55-44-28-12-10-26-42(44)54-49(55)35-18-14-16-33(30-35)47(52)34-17-15-23-38(31-34)56-43-27-11-8-24-39(43)46-48-41(32-53-50(46)56)51(36-19-4-2-5-20-36,37-21-6-3-7-22-37)40-25-9-13-29-45(40)57-48/h2-32,47H,1H3. The van der Waals surface area contributed by atoms with Crippen molar-refractivity contribution in [1.29, 1.82) is 0 Å². The highest BCUT2D eigenvalue weighted by Gasteiger charge is 2.45. The summed E-state index contributed by atoms with van der Waals surface area (Å²) < 4.78 is 21.1. The molecule has 11 rings (SSSR count). The van der Waals surface area contributed by atoms with Crippen LogP contribution in [0.2, 0.25) is 0 Å². The normalized spacial score (nSPS) is 13.8. The van der Waals surface area contributed by atoms with E-state index in [0.717, 1.165) is 55.6 Å². The van der Waals surface area contributed by atoms with E-state index in [1.165, 1.54) is 26.5 Å². The van der Waals surface area contributed by atoms with Crippen LogP contribution in [0, 0.1) is 0 Å². The smallest absolute Gasteiger partial charge is 0.150 e. The minimum atomic E-state index is -1.35. The zero-order valence-electron chi connectivity index (χ0n) is 31.1. The number of fused-ring (bicyclic) bond motifs is 7. The van der Waals surface area contributed by atoms with E-state index in [1.54, 1.807) is 0 Å². The summed E-state index contributed by atoms with van der Waals surface area (Å²) in [5, 5.41) is 2.20. The zero-order chi connectivity index (χ0) is 38.1. The van der Waals surface area contributed by atoms with Crippen molar-refractivity contribution in [1.82, 2.24) is 19.1 Å². The van der Waals surface area contributed by atoms with Gasteiger partial charge >= 0.3 is 0 Å². The second-order valence-corrected chi connectivity index (χ2v) is 15.8. The first kappa shape index (κ1) is 33.6. The molecule has 7 aromatic carbocycles. The number of alkyl halides is 1. The van der Waals surface area contributed by atoms with E-state index in [2.05, 4.69) is 137 Å². The summed E-state index contributed by atoms with van der Waals surface area (Å²) in [4.78, 5) is 12.6. The van der Waals surface area contributed by atoms with Gasteiger partial charge in [0.25, 0.3) is 0 Å². The van der Waals surface area contributed by atoms with Crippen molar-refractivity contribution >= 4 is 44.7 Å². The molecule has 3 aromatic heterocycles. The van der Waals surface area contributed by atoms with Crippen LogP contribution in [0.4, 0.5) is 4.39 Å². The summed E-state index contributed by atoms with van der Waals surface area (Å²) in [7, 11) is 2.01. The molecule has 1 aliphatic rings. The van der Waals surface area contributed by atoms with Crippen molar-refractivity contribution < 1.29 is 4.39 Å². The Labute approximate surface area is 333 Å². The average Bonchev–Trinajstić information content (AvgIpc) is 3.81. The van der Waals surface area contributed by atoms with Crippen molar-refractivity contribution in [2.75, 3.05) is 0 Å². The lowest BCUT2D eigenvalue weighted by Crippen LogP contribution is -2.34. The Kier molecular flexibility index (Phi) is 7.76. The Morgan fingerprint density at radius 3 is 2.04 bits per heavy atom. The topological polar surface area (TPSA) is 35.6 Å². The summed E-state index contributed by atoms with van der Waals surface area (Å²) in [6.07, 6.45) is 0.738. The zero-order valence-corrected chi connectivity index (χ0v) is 31.9. The van der Waals surface area contributed by atoms with Gasteiger partial charge in [0.15, 0.2) is 6.17 Å². The molecule has 0 saturated carbocycles. The molecule has 6 heteroatoms. The van der Waals surface area contributed by atoms with E-state index in [4.69, 9.17) is 9.97 Å². The highest BCUT2D eigenvalue weighted by atomic mass is 32.2. The number of hydrogen-bond donors (Lipinski definition) is 0. The first-order valence-electron chi connectivity index (χ1n) is 19.2. The minimum absolute atomic E-state index is 0.578. The number of rotatable bonds is 6. The Hall–Kier alpha value is -6.76. The second-order valence-electron chi connectivity index (χ2n) is 14.7. The summed E-state index contributed by atoms with van der Waals surface area (Å²) in [5.74, 6) is 0.808. The number of nitrogens with zero attached hydrogens (tertiary/aromatic N) is 4. The lowest BCUT2D eigenvalue weighted by atomic mass is 9.65. The van der Waals surface area contributed by atoms with Crippen molar-refractivity contribution in [3.8, 4) is 17.1 Å². The number of hydrogen-bond acceptors (Lipinski definition) is 3. The van der Waals surface area contributed by atoms with E-state index < -0.39 is 11.6 Å². The third-order valence-corrected chi connectivity index (χ3v) is 12.8. The highest BCUT2D eigenvalue weighted by molar-refractivity contribution is 7.99. The van der Waals surface area contributed by atoms with Gasteiger partial charge in [-0.15, -0.1) is 0 Å². The van der Waals surface area contributed by atoms with Crippen molar-refractivity contribution in [2.45, 2.75) is 21.4 Å². The summed E-state index contributed by atoms with van der Waals surface area (Å²) in [5.41, 5.74) is 10.9. The van der Waals surface area contributed by atoms with Gasteiger partial charge in [0.1, 0.15) is 11.5 Å². The van der Waals surface area contributed by atoms with Gasteiger partial charge in [-0.2, -0.15) is 0 Å². The average molecular weight is 755 g/mol. The fraction of sp³-hybridized carbons (Fsp3) is 0.0588. The maximum atomic E-state index is 16.8. The molecule has 0 aliphatic carbocycles. The van der Waals surface area contributed by atoms with Crippen LogP contribution >= 0.6 is 11.8 Å². The summed E-state index contributed by atoms with van der Waals surface area (Å²) in [6.45, 7) is 0. The SMILES string of the molecule is Cn1c(-c2cccc(C(F)c3cccc(-n4c5ccccc5c5c6c(cnc54)C(c4ccccc4)(c4ccccc4)c4ccccc4S6)c3)c2)nc2ccccc21. The fourth-order valence-corrected chi connectivity index (χ4v) is 10.4. The number of imidazole rings is 1. The maximum Gasteiger partial charge on any atom is 0.150 e. The Morgan fingerprint density at radius 2 is 1.26 bits per heavy atom. The number of aromatic nitrogens is 4. The molecule has 4 nitrogen and oxygen atoms in total. The van der Waals surface area contributed by atoms with Crippen LogP contribution in [0.25, 0.3) is 50.0 Å². The molecule has 4 heterocycles. The first-order chi connectivity index (χ1) is 28.1. The largest absolute Gasteiger partial charge is 0.327 e. The molecule has 0 N–H and O–H groups in total. The van der Waals surface area contributed by atoms with Crippen molar-refractivity contribution in [3.05, 3.63) is 222 Å². The van der Waals surface area contributed by atoms with E-state index in [1.807, 2.05) is 79.5 Å². The Bertz CT molecular complexity index is 3110. The number of pyridine rings is 1. The molecule has 10 aromatic rings. The van der Waals surface area contributed by atoms with Gasteiger partial charge < -0.3 is 4.57 Å². The van der Waals surface area contributed by atoms with E-state index in [9.17, 15) is 0 Å². The van der Waals surface area contributed by atoms with Gasteiger partial charge in [-0.05, 0) is 70.3 Å². The van der Waals surface area contributed by atoms with Crippen LogP contribution in [0.1, 0.15) is 39.6 Å². The van der Waals surface area contributed by atoms with E-state index in [-0.39, 0.29) is 0 Å². The van der Waals surface area contributed by atoms with Crippen molar-refractivity contribution in [2.24, 2.45) is 7.05 Å². The third-order valence-electron chi connectivity index (χ3n) is 11.6. The number of halogens is 1. The molecular formula is C51H35FN4S. The van der Waals surface area contributed by atoms with Crippen molar-refractivity contribution in [3.63, 3.8) is 0 Å². The second kappa shape index (κ2) is 13.2. The minimum Gasteiger partial charge on any atom is -0.327 e. The first-order valence-corrected chi connectivity index (χ1v) is 20.0.